The fraction of sp³-hybridized carbons (Fsp3) is 0.300. The van der Waals surface area contributed by atoms with Gasteiger partial charge in [0.1, 0.15) is 17.9 Å². The standard InChI is InChI=1S/C30H25ClF6N4O3/c31-23-6-1-5-21(24-7-2-8-25(39-24)41-27(30(35,36)37)22(14-38-41)28(42)43)26(23)44-16-18-9-11-19(12-10-18)20-4-3-13-40(15-20)17-29(32,33)34/h1-2,5-12,14,20H,3-4,13,15-17H2,(H,42,43)/t20-/m0/s1. The first-order valence-electron chi connectivity index (χ1n) is 13.5. The van der Waals surface area contributed by atoms with Gasteiger partial charge in [0.2, 0.25) is 0 Å². The highest BCUT2D eigenvalue weighted by Crippen LogP contribution is 2.38. The largest absolute Gasteiger partial charge is 0.487 e. The molecule has 0 bridgehead atoms. The highest BCUT2D eigenvalue weighted by Gasteiger charge is 2.41. The molecule has 1 atom stereocenters. The van der Waals surface area contributed by atoms with Crippen LogP contribution < -0.4 is 4.74 Å². The average molecular weight is 639 g/mol. The molecule has 0 unspecified atom stereocenters. The van der Waals surface area contributed by atoms with Crippen LogP contribution in [0.25, 0.3) is 17.1 Å². The Balaban J connectivity index is 1.35. The first-order valence-corrected chi connectivity index (χ1v) is 13.8. The molecule has 14 heteroatoms. The summed E-state index contributed by atoms with van der Waals surface area (Å²) in [7, 11) is 0. The van der Waals surface area contributed by atoms with E-state index in [1.807, 2.05) is 24.3 Å². The van der Waals surface area contributed by atoms with Crippen molar-refractivity contribution in [3.05, 3.63) is 94.3 Å². The summed E-state index contributed by atoms with van der Waals surface area (Å²) in [5.41, 5.74) is -0.204. The number of ether oxygens (including phenoxy) is 1. The molecule has 1 saturated heterocycles. The maximum Gasteiger partial charge on any atom is 0.434 e. The van der Waals surface area contributed by atoms with Crippen LogP contribution in [0, 0.1) is 0 Å². The molecule has 1 fully saturated rings. The van der Waals surface area contributed by atoms with Crippen LogP contribution in [0.2, 0.25) is 5.02 Å². The molecule has 2 aromatic carbocycles. The number of aromatic nitrogens is 3. The number of carboxylic acids is 1. The van der Waals surface area contributed by atoms with E-state index in [4.69, 9.17) is 16.3 Å². The third kappa shape index (κ3) is 7.16. The van der Waals surface area contributed by atoms with Gasteiger partial charge in [-0.2, -0.15) is 31.4 Å². The molecule has 1 aliphatic heterocycles. The van der Waals surface area contributed by atoms with E-state index in [9.17, 15) is 36.2 Å². The first kappa shape index (κ1) is 31.3. The van der Waals surface area contributed by atoms with Gasteiger partial charge in [-0.3, -0.25) is 4.90 Å². The van der Waals surface area contributed by atoms with Crippen molar-refractivity contribution in [2.45, 2.75) is 37.7 Å². The minimum Gasteiger partial charge on any atom is -0.487 e. The molecule has 0 radical (unpaired) electrons. The zero-order valence-electron chi connectivity index (χ0n) is 22.9. The average Bonchev–Trinajstić information content (AvgIpc) is 3.43. The van der Waals surface area contributed by atoms with Gasteiger partial charge in [0, 0.05) is 12.1 Å². The van der Waals surface area contributed by atoms with Gasteiger partial charge < -0.3 is 9.84 Å². The summed E-state index contributed by atoms with van der Waals surface area (Å²) < 4.78 is 86.3. The normalized spacial score (nSPS) is 16.2. The number of pyridine rings is 1. The van der Waals surface area contributed by atoms with Gasteiger partial charge in [0.15, 0.2) is 11.5 Å². The van der Waals surface area contributed by atoms with Crippen molar-refractivity contribution in [2.75, 3.05) is 19.6 Å². The smallest absolute Gasteiger partial charge is 0.434 e. The summed E-state index contributed by atoms with van der Waals surface area (Å²) >= 11 is 6.44. The van der Waals surface area contributed by atoms with Crippen LogP contribution in [0.15, 0.2) is 66.9 Å². The topological polar surface area (TPSA) is 80.5 Å². The monoisotopic (exact) mass is 638 g/mol. The number of rotatable bonds is 8. The second kappa shape index (κ2) is 12.5. The summed E-state index contributed by atoms with van der Waals surface area (Å²) in [4.78, 5) is 17.1. The maximum atomic E-state index is 13.8. The molecule has 3 heterocycles. The number of hydrogen-bond acceptors (Lipinski definition) is 5. The third-order valence-electron chi connectivity index (χ3n) is 7.21. The highest BCUT2D eigenvalue weighted by molar-refractivity contribution is 6.32. The molecule has 0 spiro atoms. The minimum absolute atomic E-state index is 0.0196. The van der Waals surface area contributed by atoms with Crippen LogP contribution in [0.5, 0.6) is 5.75 Å². The molecule has 2 aromatic heterocycles. The lowest BCUT2D eigenvalue weighted by Gasteiger charge is -2.33. The van der Waals surface area contributed by atoms with E-state index in [0.29, 0.717) is 36.0 Å². The fourth-order valence-electron chi connectivity index (χ4n) is 5.27. The Morgan fingerprint density at radius 1 is 1.02 bits per heavy atom. The van der Waals surface area contributed by atoms with Crippen molar-refractivity contribution < 1.29 is 41.0 Å². The molecule has 44 heavy (non-hydrogen) atoms. The summed E-state index contributed by atoms with van der Waals surface area (Å²) in [5.74, 6) is -1.84. The number of piperidine rings is 1. The van der Waals surface area contributed by atoms with Crippen molar-refractivity contribution in [3.63, 3.8) is 0 Å². The van der Waals surface area contributed by atoms with Gasteiger partial charge in [-0.15, -0.1) is 0 Å². The first-order chi connectivity index (χ1) is 20.8. The predicted molar refractivity (Wildman–Crippen MR) is 149 cm³/mol. The molecule has 1 N–H and O–H groups in total. The molecule has 0 aliphatic carbocycles. The summed E-state index contributed by atoms with van der Waals surface area (Å²) in [5, 5.41) is 13.1. The van der Waals surface area contributed by atoms with Crippen LogP contribution >= 0.6 is 11.6 Å². The number of nitrogens with zero attached hydrogens (tertiary/aromatic N) is 4. The molecule has 5 rings (SSSR count). The van der Waals surface area contributed by atoms with Gasteiger partial charge in [-0.25, -0.2) is 14.5 Å². The lowest BCUT2D eigenvalue weighted by molar-refractivity contribution is -0.148. The van der Waals surface area contributed by atoms with Gasteiger partial charge in [0.05, 0.1) is 23.5 Å². The number of aromatic carboxylic acids is 1. The Labute approximate surface area is 252 Å². The van der Waals surface area contributed by atoms with Gasteiger partial charge in [0.25, 0.3) is 0 Å². The number of alkyl halides is 6. The number of hydrogen-bond donors (Lipinski definition) is 1. The van der Waals surface area contributed by atoms with Crippen molar-refractivity contribution in [1.29, 1.82) is 0 Å². The van der Waals surface area contributed by atoms with Crippen LogP contribution in [0.1, 0.15) is 45.9 Å². The summed E-state index contributed by atoms with van der Waals surface area (Å²) in [6, 6.07) is 16.5. The second-order valence-electron chi connectivity index (χ2n) is 10.3. The molecule has 4 aromatic rings. The number of likely N-dealkylation sites (tertiary alicyclic amines) is 1. The lowest BCUT2D eigenvalue weighted by atomic mass is 9.90. The van der Waals surface area contributed by atoms with E-state index in [1.54, 1.807) is 18.2 Å². The van der Waals surface area contributed by atoms with Crippen LogP contribution in [-0.4, -0.2) is 56.6 Å². The Morgan fingerprint density at radius 2 is 1.75 bits per heavy atom. The molecule has 0 saturated carbocycles. The zero-order chi connectivity index (χ0) is 31.6. The maximum absolute atomic E-state index is 13.8. The number of benzene rings is 2. The SMILES string of the molecule is O=C(O)c1cnn(-c2cccc(-c3cccc(Cl)c3OCc3ccc([C@H]4CCCN(CC(F)(F)F)C4)cc3)n2)c1C(F)(F)F. The minimum atomic E-state index is -5.01. The molecule has 0 amide bonds. The van der Waals surface area contributed by atoms with Crippen molar-refractivity contribution >= 4 is 17.6 Å². The van der Waals surface area contributed by atoms with Crippen LogP contribution in [0.4, 0.5) is 26.3 Å². The van der Waals surface area contributed by atoms with E-state index >= 15 is 0 Å². The highest BCUT2D eigenvalue weighted by atomic mass is 35.5. The van der Waals surface area contributed by atoms with Gasteiger partial charge in [-0.1, -0.05) is 48.0 Å². The Bertz CT molecular complexity index is 1640. The quantitative estimate of drug-likeness (QED) is 0.200. The third-order valence-corrected chi connectivity index (χ3v) is 7.50. The van der Waals surface area contributed by atoms with Crippen molar-refractivity contribution in [2.24, 2.45) is 0 Å². The summed E-state index contributed by atoms with van der Waals surface area (Å²) in [6.07, 6.45) is -7.17. The van der Waals surface area contributed by atoms with Gasteiger partial charge in [-0.05, 0) is 60.7 Å². The number of halogens is 7. The lowest BCUT2D eigenvalue weighted by Crippen LogP contribution is -2.40. The van der Waals surface area contributed by atoms with Crippen LogP contribution in [-0.2, 0) is 12.8 Å². The Morgan fingerprint density at radius 3 is 2.43 bits per heavy atom. The van der Waals surface area contributed by atoms with E-state index in [1.165, 1.54) is 23.1 Å². The van der Waals surface area contributed by atoms with E-state index in [-0.39, 0.29) is 34.8 Å². The Hall–Kier alpha value is -4.10. The number of para-hydroxylation sites is 1. The van der Waals surface area contributed by atoms with Crippen molar-refractivity contribution in [3.8, 4) is 22.8 Å². The molecular formula is C30H25ClF6N4O3. The zero-order valence-corrected chi connectivity index (χ0v) is 23.6. The summed E-state index contributed by atoms with van der Waals surface area (Å²) in [6.45, 7) is -0.122. The number of carboxylic acid groups (broad SMARTS) is 1. The second-order valence-corrected chi connectivity index (χ2v) is 10.7. The van der Waals surface area contributed by atoms with E-state index in [0.717, 1.165) is 17.5 Å². The van der Waals surface area contributed by atoms with E-state index < -0.39 is 36.1 Å². The molecule has 232 valence electrons. The van der Waals surface area contributed by atoms with E-state index in [2.05, 4.69) is 10.1 Å². The fourth-order valence-corrected chi connectivity index (χ4v) is 5.50. The van der Waals surface area contributed by atoms with Crippen LogP contribution in [0.3, 0.4) is 0 Å². The molecule has 1 aliphatic rings. The molecule has 7 nitrogen and oxygen atoms in total. The Kier molecular flexibility index (Phi) is 8.89. The predicted octanol–water partition coefficient (Wildman–Crippen LogP) is 7.63. The van der Waals surface area contributed by atoms with Crippen molar-refractivity contribution in [1.82, 2.24) is 19.7 Å². The van der Waals surface area contributed by atoms with Gasteiger partial charge >= 0.3 is 18.3 Å². The molecular weight excluding hydrogens is 614 g/mol. The number of carbonyl (C=O) groups is 1.